The Morgan fingerprint density at radius 2 is 1.73 bits per heavy atom. The van der Waals surface area contributed by atoms with Crippen LogP contribution in [0.2, 0.25) is 5.02 Å². The number of benzene rings is 2. The van der Waals surface area contributed by atoms with Gasteiger partial charge >= 0.3 is 5.97 Å². The normalized spacial score (nSPS) is 12.4. The molecule has 30 heavy (non-hydrogen) atoms. The third-order valence-electron chi connectivity index (χ3n) is 4.11. The van der Waals surface area contributed by atoms with Crippen molar-refractivity contribution in [2.24, 2.45) is 5.92 Å². The molecule has 8 heteroatoms. The topological polar surface area (TPSA) is 95.5 Å². The van der Waals surface area contributed by atoms with Crippen LogP contribution < -0.4 is 10.6 Å². The molecule has 1 unspecified atom stereocenters. The summed E-state index contributed by atoms with van der Waals surface area (Å²) in [5.41, 5.74) is 0.746. The van der Waals surface area contributed by atoms with E-state index in [0.717, 1.165) is 4.47 Å². The molecule has 0 aromatic heterocycles. The summed E-state index contributed by atoms with van der Waals surface area (Å²) < 4.78 is 0.807. The molecule has 0 aliphatic carbocycles. The van der Waals surface area contributed by atoms with Crippen molar-refractivity contribution in [3.63, 3.8) is 0 Å². The molecule has 2 aromatic carbocycles. The van der Waals surface area contributed by atoms with Crippen LogP contribution in [0.25, 0.3) is 6.08 Å². The summed E-state index contributed by atoms with van der Waals surface area (Å²) in [6.45, 7) is 3.72. The van der Waals surface area contributed by atoms with Gasteiger partial charge in [0.1, 0.15) is 11.7 Å². The van der Waals surface area contributed by atoms with E-state index in [1.54, 1.807) is 48.5 Å². The number of carboxylic acids is 1. The highest BCUT2D eigenvalue weighted by molar-refractivity contribution is 9.10. The molecule has 1 atom stereocenters. The van der Waals surface area contributed by atoms with Crippen molar-refractivity contribution in [3.8, 4) is 0 Å². The maximum atomic E-state index is 12.9. The van der Waals surface area contributed by atoms with E-state index >= 15 is 0 Å². The van der Waals surface area contributed by atoms with E-state index in [-0.39, 0.29) is 18.0 Å². The van der Waals surface area contributed by atoms with Crippen molar-refractivity contribution in [1.82, 2.24) is 10.6 Å². The van der Waals surface area contributed by atoms with Crippen LogP contribution in [0.1, 0.15) is 36.2 Å². The van der Waals surface area contributed by atoms with Gasteiger partial charge in [-0.1, -0.05) is 59.6 Å². The second kappa shape index (κ2) is 10.9. The van der Waals surface area contributed by atoms with Gasteiger partial charge in [-0.15, -0.1) is 0 Å². The Morgan fingerprint density at radius 1 is 1.10 bits per heavy atom. The average molecular weight is 494 g/mol. The van der Waals surface area contributed by atoms with Gasteiger partial charge in [0.15, 0.2) is 0 Å². The van der Waals surface area contributed by atoms with Crippen molar-refractivity contribution in [2.75, 3.05) is 0 Å². The van der Waals surface area contributed by atoms with Gasteiger partial charge in [-0.25, -0.2) is 4.79 Å². The first-order valence-corrected chi connectivity index (χ1v) is 10.4. The molecule has 0 saturated heterocycles. The van der Waals surface area contributed by atoms with E-state index in [1.165, 1.54) is 6.08 Å². The van der Waals surface area contributed by atoms with E-state index < -0.39 is 23.8 Å². The predicted octanol–water partition coefficient (Wildman–Crippen LogP) is 4.49. The molecular formula is C22H22BrClN2O4. The molecule has 0 aliphatic rings. The van der Waals surface area contributed by atoms with Crippen molar-refractivity contribution < 1.29 is 19.5 Å². The molecule has 158 valence electrons. The van der Waals surface area contributed by atoms with Gasteiger partial charge in [-0.05, 0) is 54.3 Å². The van der Waals surface area contributed by atoms with Gasteiger partial charge < -0.3 is 15.7 Å². The highest BCUT2D eigenvalue weighted by atomic mass is 79.9. The quantitative estimate of drug-likeness (QED) is 0.472. The van der Waals surface area contributed by atoms with Gasteiger partial charge in [0.05, 0.1) is 0 Å². The monoisotopic (exact) mass is 492 g/mol. The Balaban J connectivity index is 2.34. The van der Waals surface area contributed by atoms with Crippen molar-refractivity contribution >= 4 is 51.4 Å². The first-order chi connectivity index (χ1) is 14.2. The lowest BCUT2D eigenvalue weighted by Gasteiger charge is -2.18. The second-order valence-electron chi connectivity index (χ2n) is 7.03. The summed E-state index contributed by atoms with van der Waals surface area (Å²) >= 11 is 9.48. The van der Waals surface area contributed by atoms with E-state index in [9.17, 15) is 19.5 Å². The van der Waals surface area contributed by atoms with Crippen LogP contribution in [0.15, 0.2) is 58.7 Å². The highest BCUT2D eigenvalue weighted by Crippen LogP contribution is 2.18. The number of carbonyl (C=O) groups excluding carboxylic acids is 2. The Kier molecular flexibility index (Phi) is 8.62. The molecule has 0 bridgehead atoms. The van der Waals surface area contributed by atoms with E-state index in [1.807, 2.05) is 13.8 Å². The van der Waals surface area contributed by atoms with Gasteiger partial charge in [0.2, 0.25) is 0 Å². The highest BCUT2D eigenvalue weighted by Gasteiger charge is 2.24. The molecule has 0 heterocycles. The van der Waals surface area contributed by atoms with E-state index in [2.05, 4.69) is 26.6 Å². The molecule has 0 fully saturated rings. The third-order valence-corrected chi connectivity index (χ3v) is 4.99. The third kappa shape index (κ3) is 7.00. The van der Waals surface area contributed by atoms with Crippen LogP contribution in [-0.2, 0) is 9.59 Å². The summed E-state index contributed by atoms with van der Waals surface area (Å²) in [6.07, 6.45) is 1.67. The zero-order valence-electron chi connectivity index (χ0n) is 16.5. The minimum atomic E-state index is -1.15. The second-order valence-corrected chi connectivity index (χ2v) is 8.36. The van der Waals surface area contributed by atoms with Crippen LogP contribution in [0, 0.1) is 5.92 Å². The van der Waals surface area contributed by atoms with Crippen LogP contribution in [-0.4, -0.2) is 28.9 Å². The van der Waals surface area contributed by atoms with Crippen LogP contribution >= 0.6 is 27.5 Å². The maximum absolute atomic E-state index is 12.9. The SMILES string of the molecule is CC(C)CC(NC(=O)/C(=C\c1ccccc1Cl)NC(=O)c1ccc(Br)cc1)C(=O)O. The Morgan fingerprint density at radius 3 is 2.30 bits per heavy atom. The van der Waals surface area contributed by atoms with Crippen molar-refractivity contribution in [1.29, 1.82) is 0 Å². The maximum Gasteiger partial charge on any atom is 0.326 e. The molecule has 0 spiro atoms. The molecule has 2 aromatic rings. The lowest BCUT2D eigenvalue weighted by Crippen LogP contribution is -2.45. The number of carbonyl (C=O) groups is 3. The molecule has 3 N–H and O–H groups in total. The van der Waals surface area contributed by atoms with Crippen molar-refractivity contribution in [2.45, 2.75) is 26.3 Å². The summed E-state index contributed by atoms with van der Waals surface area (Å²) in [4.78, 5) is 37.0. The van der Waals surface area contributed by atoms with Gasteiger partial charge in [0, 0.05) is 15.1 Å². The zero-order chi connectivity index (χ0) is 22.3. The van der Waals surface area contributed by atoms with E-state index in [4.69, 9.17) is 11.6 Å². The number of aliphatic carboxylic acids is 1. The van der Waals surface area contributed by atoms with Crippen molar-refractivity contribution in [3.05, 3.63) is 74.9 Å². The number of nitrogens with one attached hydrogen (secondary N) is 2. The first-order valence-electron chi connectivity index (χ1n) is 9.24. The zero-order valence-corrected chi connectivity index (χ0v) is 18.8. The van der Waals surface area contributed by atoms with Crippen LogP contribution in [0.4, 0.5) is 0 Å². The number of halogens is 2. The lowest BCUT2D eigenvalue weighted by molar-refractivity contribution is -0.141. The molecule has 6 nitrogen and oxygen atoms in total. The van der Waals surface area contributed by atoms with E-state index in [0.29, 0.717) is 16.1 Å². The lowest BCUT2D eigenvalue weighted by atomic mass is 10.0. The number of hydrogen-bond donors (Lipinski definition) is 3. The smallest absolute Gasteiger partial charge is 0.326 e. The largest absolute Gasteiger partial charge is 0.480 e. The molecular weight excluding hydrogens is 472 g/mol. The fourth-order valence-corrected chi connectivity index (χ4v) is 3.09. The molecule has 2 rings (SSSR count). The summed E-state index contributed by atoms with van der Waals surface area (Å²) in [5, 5.41) is 14.9. The predicted molar refractivity (Wildman–Crippen MR) is 120 cm³/mol. The number of rotatable bonds is 8. The Labute approximate surface area is 188 Å². The summed E-state index contributed by atoms with van der Waals surface area (Å²) in [6, 6.07) is 12.3. The molecule has 0 radical (unpaired) electrons. The Bertz CT molecular complexity index is 958. The number of amides is 2. The summed E-state index contributed by atoms with van der Waals surface area (Å²) in [5.74, 6) is -2.31. The number of carboxylic acid groups (broad SMARTS) is 1. The minimum absolute atomic E-state index is 0.0553. The average Bonchev–Trinajstić information content (AvgIpc) is 2.68. The first kappa shape index (κ1) is 23.6. The standard InChI is InChI=1S/C22H22BrClN2O4/c1-13(2)11-19(22(29)30)26-21(28)18(12-15-5-3-4-6-17(15)24)25-20(27)14-7-9-16(23)10-8-14/h3-10,12-13,19H,11H2,1-2H3,(H,25,27)(H,26,28)(H,29,30)/b18-12+. The molecule has 0 aliphatic heterocycles. The van der Waals surface area contributed by atoms with Crippen LogP contribution in [0.3, 0.4) is 0 Å². The summed E-state index contributed by atoms with van der Waals surface area (Å²) in [7, 11) is 0. The van der Waals surface area contributed by atoms with Gasteiger partial charge in [-0.2, -0.15) is 0 Å². The van der Waals surface area contributed by atoms with Crippen LogP contribution in [0.5, 0.6) is 0 Å². The molecule has 2 amide bonds. The van der Waals surface area contributed by atoms with Gasteiger partial charge in [0.25, 0.3) is 11.8 Å². The van der Waals surface area contributed by atoms with Gasteiger partial charge in [-0.3, -0.25) is 9.59 Å². The fraction of sp³-hybridized carbons (Fsp3) is 0.227. The Hall–Kier alpha value is -2.64. The number of hydrogen-bond acceptors (Lipinski definition) is 3. The minimum Gasteiger partial charge on any atom is -0.480 e. The molecule has 0 saturated carbocycles. The fourth-order valence-electron chi connectivity index (χ4n) is 2.63.